The summed E-state index contributed by atoms with van der Waals surface area (Å²) in [6.45, 7) is 4.63. The van der Waals surface area contributed by atoms with Crippen LogP contribution in [0.5, 0.6) is 0 Å². The number of aromatic nitrogens is 1. The maximum Gasteiger partial charge on any atom is 0.337 e. The number of ether oxygens (including phenoxy) is 1. The van der Waals surface area contributed by atoms with Crippen LogP contribution < -0.4 is 0 Å². The van der Waals surface area contributed by atoms with E-state index in [0.29, 0.717) is 0 Å². The number of rotatable bonds is 5. The molecular weight excluding hydrogens is 252 g/mol. The van der Waals surface area contributed by atoms with Crippen LogP contribution in [-0.2, 0) is 4.74 Å². The van der Waals surface area contributed by atoms with Gasteiger partial charge in [0.25, 0.3) is 0 Å². The number of thioether (sulfide) groups is 1. The van der Waals surface area contributed by atoms with Gasteiger partial charge in [-0.05, 0) is 12.1 Å². The van der Waals surface area contributed by atoms with E-state index in [1.54, 1.807) is 23.9 Å². The highest BCUT2D eigenvalue weighted by molar-refractivity contribution is 7.99. The highest BCUT2D eigenvalue weighted by atomic mass is 32.2. The summed E-state index contributed by atoms with van der Waals surface area (Å²) in [5.74, 6) is 0.0201. The van der Waals surface area contributed by atoms with Crippen molar-refractivity contribution in [3.05, 3.63) is 23.9 Å². The van der Waals surface area contributed by atoms with E-state index < -0.39 is 5.97 Å². The fourth-order valence-corrected chi connectivity index (χ4v) is 2.55. The first-order valence-corrected chi connectivity index (χ1v) is 6.86. The van der Waals surface area contributed by atoms with Crippen molar-refractivity contribution in [2.45, 2.75) is 5.03 Å². The normalized spacial score (nSPS) is 16.7. The van der Waals surface area contributed by atoms with Gasteiger partial charge in [-0.3, -0.25) is 4.90 Å². The van der Waals surface area contributed by atoms with Crippen molar-refractivity contribution in [1.29, 1.82) is 0 Å². The molecule has 0 spiro atoms. The van der Waals surface area contributed by atoms with Crippen LogP contribution >= 0.6 is 11.8 Å². The highest BCUT2D eigenvalue weighted by Crippen LogP contribution is 2.15. The number of pyridine rings is 1. The molecule has 1 aliphatic heterocycles. The van der Waals surface area contributed by atoms with E-state index in [1.807, 2.05) is 0 Å². The second-order valence-corrected chi connectivity index (χ2v) is 5.11. The third kappa shape index (κ3) is 3.97. The molecule has 0 amide bonds. The molecule has 0 radical (unpaired) electrons. The van der Waals surface area contributed by atoms with Crippen LogP contribution in [0.1, 0.15) is 10.4 Å². The van der Waals surface area contributed by atoms with Crippen molar-refractivity contribution < 1.29 is 14.6 Å². The average molecular weight is 268 g/mol. The molecule has 5 nitrogen and oxygen atoms in total. The summed E-state index contributed by atoms with van der Waals surface area (Å²) in [5.41, 5.74) is 0.229. The SMILES string of the molecule is O=C(O)c1ccc(SCCN2CCOCC2)nc1. The van der Waals surface area contributed by atoms with Crippen molar-refractivity contribution in [3.8, 4) is 0 Å². The largest absolute Gasteiger partial charge is 0.478 e. The van der Waals surface area contributed by atoms with Crippen molar-refractivity contribution in [2.75, 3.05) is 38.6 Å². The Kier molecular flexibility index (Phi) is 4.98. The van der Waals surface area contributed by atoms with E-state index in [4.69, 9.17) is 9.84 Å². The van der Waals surface area contributed by atoms with Gasteiger partial charge < -0.3 is 9.84 Å². The summed E-state index contributed by atoms with van der Waals surface area (Å²) in [7, 11) is 0. The molecule has 0 atom stereocenters. The number of carboxylic acids is 1. The molecule has 1 N–H and O–H groups in total. The Morgan fingerprint density at radius 1 is 1.44 bits per heavy atom. The second-order valence-electron chi connectivity index (χ2n) is 3.99. The Labute approximate surface area is 110 Å². The first-order valence-electron chi connectivity index (χ1n) is 5.88. The number of morpholine rings is 1. The zero-order valence-corrected chi connectivity index (χ0v) is 10.9. The van der Waals surface area contributed by atoms with Crippen LogP contribution in [0.2, 0.25) is 0 Å². The van der Waals surface area contributed by atoms with Gasteiger partial charge in [0.05, 0.1) is 23.8 Å². The number of hydrogen-bond donors (Lipinski definition) is 1. The molecule has 18 heavy (non-hydrogen) atoms. The zero-order valence-electron chi connectivity index (χ0n) is 10.0. The van der Waals surface area contributed by atoms with E-state index in [9.17, 15) is 4.79 Å². The lowest BCUT2D eigenvalue weighted by atomic mass is 10.3. The Morgan fingerprint density at radius 3 is 2.83 bits per heavy atom. The fraction of sp³-hybridized carbons (Fsp3) is 0.500. The molecule has 0 aromatic carbocycles. The summed E-state index contributed by atoms with van der Waals surface area (Å²) >= 11 is 1.65. The van der Waals surface area contributed by atoms with Gasteiger partial charge >= 0.3 is 5.97 Å². The van der Waals surface area contributed by atoms with Gasteiger partial charge in [-0.15, -0.1) is 11.8 Å². The first kappa shape index (κ1) is 13.3. The number of aromatic carboxylic acids is 1. The van der Waals surface area contributed by atoms with Gasteiger partial charge in [0.15, 0.2) is 0 Å². The molecule has 98 valence electrons. The Morgan fingerprint density at radius 2 is 2.22 bits per heavy atom. The number of carboxylic acid groups (broad SMARTS) is 1. The summed E-state index contributed by atoms with van der Waals surface area (Å²) in [6.07, 6.45) is 1.40. The van der Waals surface area contributed by atoms with E-state index in [-0.39, 0.29) is 5.56 Å². The van der Waals surface area contributed by atoms with E-state index in [1.165, 1.54) is 6.20 Å². The topological polar surface area (TPSA) is 62.7 Å². The number of nitrogens with zero attached hydrogens (tertiary/aromatic N) is 2. The molecule has 1 fully saturated rings. The Balaban J connectivity index is 1.74. The van der Waals surface area contributed by atoms with Crippen LogP contribution in [0.4, 0.5) is 0 Å². The fourth-order valence-electron chi connectivity index (χ4n) is 1.70. The van der Waals surface area contributed by atoms with Crippen molar-refractivity contribution in [2.24, 2.45) is 0 Å². The van der Waals surface area contributed by atoms with Gasteiger partial charge in [-0.2, -0.15) is 0 Å². The van der Waals surface area contributed by atoms with Gasteiger partial charge in [0, 0.05) is 31.6 Å². The minimum absolute atomic E-state index is 0.229. The first-order chi connectivity index (χ1) is 8.75. The maximum atomic E-state index is 10.7. The molecule has 1 aromatic heterocycles. The quantitative estimate of drug-likeness (QED) is 0.810. The molecule has 1 aliphatic rings. The summed E-state index contributed by atoms with van der Waals surface area (Å²) in [5, 5.41) is 9.63. The highest BCUT2D eigenvalue weighted by Gasteiger charge is 2.10. The molecular formula is C12H16N2O3S. The lowest BCUT2D eigenvalue weighted by Gasteiger charge is -2.26. The minimum atomic E-state index is -0.938. The zero-order chi connectivity index (χ0) is 12.8. The van der Waals surface area contributed by atoms with Gasteiger partial charge in [-0.25, -0.2) is 9.78 Å². The summed E-state index contributed by atoms with van der Waals surface area (Å²) in [4.78, 5) is 17.2. The predicted molar refractivity (Wildman–Crippen MR) is 69.2 cm³/mol. The van der Waals surface area contributed by atoms with E-state index in [0.717, 1.165) is 43.6 Å². The van der Waals surface area contributed by atoms with Crippen LogP contribution in [0.25, 0.3) is 0 Å². The number of hydrogen-bond acceptors (Lipinski definition) is 5. The van der Waals surface area contributed by atoms with Crippen LogP contribution in [0, 0.1) is 0 Å². The molecule has 2 heterocycles. The van der Waals surface area contributed by atoms with Gasteiger partial charge in [-0.1, -0.05) is 0 Å². The Bertz CT molecular complexity index is 391. The minimum Gasteiger partial charge on any atom is -0.478 e. The van der Waals surface area contributed by atoms with Crippen LogP contribution in [0.15, 0.2) is 23.4 Å². The van der Waals surface area contributed by atoms with Crippen molar-refractivity contribution >= 4 is 17.7 Å². The standard InChI is InChI=1S/C12H16N2O3S/c15-12(16)10-1-2-11(13-9-10)18-8-5-14-3-6-17-7-4-14/h1-2,9H,3-8H2,(H,15,16). The summed E-state index contributed by atoms with van der Waals surface area (Å²) in [6, 6.07) is 3.35. The second kappa shape index (κ2) is 6.72. The molecule has 1 aromatic rings. The van der Waals surface area contributed by atoms with Gasteiger partial charge in [0.2, 0.25) is 0 Å². The average Bonchev–Trinajstić information content (AvgIpc) is 2.40. The molecule has 2 rings (SSSR count). The van der Waals surface area contributed by atoms with Crippen LogP contribution in [-0.4, -0.2) is 59.6 Å². The molecule has 6 heteroatoms. The lowest BCUT2D eigenvalue weighted by Crippen LogP contribution is -2.37. The van der Waals surface area contributed by atoms with Crippen LogP contribution in [0.3, 0.4) is 0 Å². The third-order valence-electron chi connectivity index (χ3n) is 2.74. The smallest absolute Gasteiger partial charge is 0.337 e. The van der Waals surface area contributed by atoms with Crippen molar-refractivity contribution in [3.63, 3.8) is 0 Å². The third-order valence-corrected chi connectivity index (χ3v) is 3.67. The van der Waals surface area contributed by atoms with E-state index >= 15 is 0 Å². The molecule has 1 saturated heterocycles. The predicted octanol–water partition coefficient (Wildman–Crippen LogP) is 1.20. The monoisotopic (exact) mass is 268 g/mol. The lowest BCUT2D eigenvalue weighted by molar-refractivity contribution is 0.0410. The summed E-state index contributed by atoms with van der Waals surface area (Å²) < 4.78 is 5.28. The van der Waals surface area contributed by atoms with Gasteiger partial charge in [0.1, 0.15) is 0 Å². The molecule has 0 saturated carbocycles. The molecule has 0 bridgehead atoms. The Hall–Kier alpha value is -1.11. The van der Waals surface area contributed by atoms with E-state index in [2.05, 4.69) is 9.88 Å². The molecule has 0 aliphatic carbocycles. The molecule has 0 unspecified atom stereocenters. The van der Waals surface area contributed by atoms with Crippen molar-refractivity contribution in [1.82, 2.24) is 9.88 Å². The maximum absolute atomic E-state index is 10.7. The number of carbonyl (C=O) groups is 1.